The zero-order chi connectivity index (χ0) is 18.2. The monoisotopic (exact) mass is 363 g/mol. The van der Waals surface area contributed by atoms with Gasteiger partial charge in [0.1, 0.15) is 11.4 Å². The number of fused-ring (bicyclic) bond motifs is 2. The van der Waals surface area contributed by atoms with E-state index in [1.165, 1.54) is 36.8 Å². The molecule has 2 aromatic heterocycles. The molecular weight excluding hydrogens is 338 g/mol. The van der Waals surface area contributed by atoms with E-state index in [-0.39, 0.29) is 5.91 Å². The molecule has 1 aromatic carbocycles. The maximum Gasteiger partial charge on any atom is 0.230 e. The molecule has 0 radical (unpaired) electrons. The molecule has 0 bridgehead atoms. The van der Waals surface area contributed by atoms with E-state index in [1.807, 2.05) is 10.7 Å². The van der Waals surface area contributed by atoms with E-state index in [1.54, 1.807) is 12.5 Å². The molecule has 5 nitrogen and oxygen atoms in total. The van der Waals surface area contributed by atoms with Crippen molar-refractivity contribution in [1.29, 1.82) is 0 Å². The third kappa shape index (κ3) is 3.15. The topological polar surface area (TPSA) is 60.1 Å². The highest BCUT2D eigenvalue weighted by Crippen LogP contribution is 2.32. The number of hydrogen-bond acceptors (Lipinski definition) is 3. The number of furan rings is 1. The van der Waals surface area contributed by atoms with Gasteiger partial charge in [-0.2, -0.15) is 5.10 Å². The van der Waals surface area contributed by atoms with Crippen LogP contribution >= 0.6 is 0 Å². The first-order valence-corrected chi connectivity index (χ1v) is 10.1. The zero-order valence-electron chi connectivity index (χ0n) is 15.5. The number of benzene rings is 1. The summed E-state index contributed by atoms with van der Waals surface area (Å²) in [5.41, 5.74) is 4.65. The Morgan fingerprint density at radius 1 is 1.15 bits per heavy atom. The van der Waals surface area contributed by atoms with Crippen LogP contribution in [0, 0.1) is 0 Å². The summed E-state index contributed by atoms with van der Waals surface area (Å²) in [7, 11) is 0. The molecule has 2 heterocycles. The maximum atomic E-state index is 12.7. The Kier molecular flexibility index (Phi) is 4.23. The van der Waals surface area contributed by atoms with E-state index in [4.69, 9.17) is 4.42 Å². The minimum atomic E-state index is -0.0178. The summed E-state index contributed by atoms with van der Waals surface area (Å²) in [6, 6.07) is 6.67. The highest BCUT2D eigenvalue weighted by Gasteiger charge is 2.20. The summed E-state index contributed by atoms with van der Waals surface area (Å²) in [6.07, 6.45) is 13.4. The number of anilines is 1. The quantitative estimate of drug-likeness (QED) is 0.724. The largest absolute Gasteiger partial charge is 0.464 e. The fraction of sp³-hybridized carbons (Fsp3) is 0.455. The lowest BCUT2D eigenvalue weighted by atomic mass is 9.96. The van der Waals surface area contributed by atoms with Crippen LogP contribution < -0.4 is 5.32 Å². The number of nitrogens with zero attached hydrogens (tertiary/aromatic N) is 2. The van der Waals surface area contributed by atoms with Crippen LogP contribution in [-0.2, 0) is 24.1 Å². The second-order valence-electron chi connectivity index (χ2n) is 7.91. The first-order chi connectivity index (χ1) is 13.3. The van der Waals surface area contributed by atoms with Gasteiger partial charge >= 0.3 is 0 Å². The van der Waals surface area contributed by atoms with Gasteiger partial charge in [-0.3, -0.25) is 4.79 Å². The molecule has 2 aliphatic rings. The Balaban J connectivity index is 1.33. The van der Waals surface area contributed by atoms with Crippen molar-refractivity contribution in [3.05, 3.63) is 47.3 Å². The predicted molar refractivity (Wildman–Crippen MR) is 105 cm³/mol. The first-order valence-electron chi connectivity index (χ1n) is 10.1. The fourth-order valence-corrected chi connectivity index (χ4v) is 4.67. The van der Waals surface area contributed by atoms with Gasteiger partial charge in [0, 0.05) is 17.0 Å². The van der Waals surface area contributed by atoms with E-state index in [9.17, 15) is 4.79 Å². The third-order valence-electron chi connectivity index (χ3n) is 6.08. The Hall–Kier alpha value is -2.56. The van der Waals surface area contributed by atoms with Gasteiger partial charge in [-0.1, -0.05) is 19.3 Å². The van der Waals surface area contributed by atoms with Gasteiger partial charge in [0.2, 0.25) is 5.91 Å². The SMILES string of the molecule is O=C(Cc1coc2cc3c(cc12)CCC3)Nc1ccnn1C1CCCCC1. The Labute approximate surface area is 158 Å². The van der Waals surface area contributed by atoms with E-state index >= 15 is 0 Å². The van der Waals surface area contributed by atoms with Crippen LogP contribution in [0.3, 0.4) is 0 Å². The van der Waals surface area contributed by atoms with Crippen LogP contribution in [0.1, 0.15) is 61.3 Å². The van der Waals surface area contributed by atoms with Crippen molar-refractivity contribution >= 4 is 22.7 Å². The van der Waals surface area contributed by atoms with Gasteiger partial charge in [-0.25, -0.2) is 4.68 Å². The Bertz CT molecular complexity index is 979. The molecule has 1 saturated carbocycles. The van der Waals surface area contributed by atoms with E-state index < -0.39 is 0 Å². The zero-order valence-corrected chi connectivity index (χ0v) is 15.5. The molecule has 1 N–H and O–H groups in total. The summed E-state index contributed by atoms with van der Waals surface area (Å²) in [5.74, 6) is 0.788. The Morgan fingerprint density at radius 2 is 1.96 bits per heavy atom. The molecule has 2 aliphatic carbocycles. The second-order valence-corrected chi connectivity index (χ2v) is 7.91. The number of carbonyl (C=O) groups is 1. The molecule has 1 fully saturated rings. The molecule has 0 atom stereocenters. The van der Waals surface area contributed by atoms with Crippen LogP contribution in [0.15, 0.2) is 35.1 Å². The standard InChI is InChI=1S/C22H25N3O2/c26-22(24-21-9-10-23-25(21)18-7-2-1-3-8-18)13-17-14-27-20-12-16-6-4-5-15(16)11-19(17)20/h9-12,14,18H,1-8,13H2,(H,24,26). The maximum absolute atomic E-state index is 12.7. The normalized spacial score (nSPS) is 17.3. The summed E-state index contributed by atoms with van der Waals surface area (Å²) in [5, 5.41) is 8.60. The van der Waals surface area contributed by atoms with Gasteiger partial charge in [0.15, 0.2) is 0 Å². The molecular formula is C22H25N3O2. The van der Waals surface area contributed by atoms with Crippen LogP contribution in [0.5, 0.6) is 0 Å². The van der Waals surface area contributed by atoms with Crippen molar-refractivity contribution in [3.63, 3.8) is 0 Å². The van der Waals surface area contributed by atoms with Crippen LogP contribution in [0.25, 0.3) is 11.0 Å². The second kappa shape index (κ2) is 6.87. The van der Waals surface area contributed by atoms with Crippen LogP contribution in [0.4, 0.5) is 5.82 Å². The van der Waals surface area contributed by atoms with Crippen LogP contribution in [-0.4, -0.2) is 15.7 Å². The highest BCUT2D eigenvalue weighted by molar-refractivity contribution is 5.95. The lowest BCUT2D eigenvalue weighted by Gasteiger charge is -2.23. The average Bonchev–Trinajstić information content (AvgIpc) is 3.41. The molecule has 0 aliphatic heterocycles. The number of amides is 1. The number of aryl methyl sites for hydroxylation is 2. The summed E-state index contributed by atoms with van der Waals surface area (Å²) < 4.78 is 7.73. The number of hydrogen-bond donors (Lipinski definition) is 1. The average molecular weight is 363 g/mol. The van der Waals surface area contributed by atoms with Crippen molar-refractivity contribution in [2.45, 2.75) is 63.8 Å². The van der Waals surface area contributed by atoms with Crippen LogP contribution in [0.2, 0.25) is 0 Å². The number of nitrogens with one attached hydrogen (secondary N) is 1. The van der Waals surface area contributed by atoms with Crippen molar-refractivity contribution in [2.24, 2.45) is 0 Å². The predicted octanol–water partition coefficient (Wildman–Crippen LogP) is 4.80. The van der Waals surface area contributed by atoms with Gasteiger partial charge < -0.3 is 9.73 Å². The molecule has 5 heteroatoms. The number of rotatable bonds is 4. The van der Waals surface area contributed by atoms with Crippen molar-refractivity contribution < 1.29 is 9.21 Å². The highest BCUT2D eigenvalue weighted by atomic mass is 16.3. The molecule has 3 aromatic rings. The minimum Gasteiger partial charge on any atom is -0.464 e. The Morgan fingerprint density at radius 3 is 2.81 bits per heavy atom. The molecule has 140 valence electrons. The lowest BCUT2D eigenvalue weighted by Crippen LogP contribution is -2.21. The van der Waals surface area contributed by atoms with E-state index in [0.29, 0.717) is 12.5 Å². The molecule has 27 heavy (non-hydrogen) atoms. The molecule has 1 amide bonds. The molecule has 0 unspecified atom stereocenters. The van der Waals surface area contributed by atoms with Crippen molar-refractivity contribution in [1.82, 2.24) is 9.78 Å². The molecule has 5 rings (SSSR count). The fourth-order valence-electron chi connectivity index (χ4n) is 4.67. The first kappa shape index (κ1) is 16.6. The summed E-state index contributed by atoms with van der Waals surface area (Å²) in [6.45, 7) is 0. The summed E-state index contributed by atoms with van der Waals surface area (Å²) >= 11 is 0. The molecule has 0 spiro atoms. The van der Waals surface area contributed by atoms with Gasteiger partial charge in [-0.15, -0.1) is 0 Å². The van der Waals surface area contributed by atoms with Gasteiger partial charge in [0.25, 0.3) is 0 Å². The smallest absolute Gasteiger partial charge is 0.230 e. The van der Waals surface area contributed by atoms with Crippen molar-refractivity contribution in [2.75, 3.05) is 5.32 Å². The minimum absolute atomic E-state index is 0.0178. The lowest BCUT2D eigenvalue weighted by molar-refractivity contribution is -0.115. The van der Waals surface area contributed by atoms with Gasteiger partial charge in [0.05, 0.1) is 24.9 Å². The summed E-state index contributed by atoms with van der Waals surface area (Å²) in [4.78, 5) is 12.7. The van der Waals surface area contributed by atoms with Crippen molar-refractivity contribution in [3.8, 4) is 0 Å². The van der Waals surface area contributed by atoms with E-state index in [2.05, 4.69) is 22.5 Å². The molecule has 0 saturated heterocycles. The van der Waals surface area contributed by atoms with E-state index in [0.717, 1.165) is 48.0 Å². The third-order valence-corrected chi connectivity index (χ3v) is 6.08. The van der Waals surface area contributed by atoms with Gasteiger partial charge in [-0.05, 0) is 55.4 Å². The number of carbonyl (C=O) groups excluding carboxylic acids is 1. The number of aromatic nitrogens is 2.